The lowest BCUT2D eigenvalue weighted by atomic mass is 10.2. The zero-order valence-corrected chi connectivity index (χ0v) is 15.4. The largest absolute Gasteiger partial charge is 0.444 e. The van der Waals surface area contributed by atoms with E-state index in [-0.39, 0.29) is 6.09 Å². The third-order valence-corrected chi connectivity index (χ3v) is 4.20. The van der Waals surface area contributed by atoms with Gasteiger partial charge in [0.15, 0.2) is 0 Å². The Morgan fingerprint density at radius 2 is 2.00 bits per heavy atom. The molecule has 1 fully saturated rings. The first-order valence-corrected chi connectivity index (χ1v) is 8.66. The summed E-state index contributed by atoms with van der Waals surface area (Å²) in [4.78, 5) is 14.1. The minimum atomic E-state index is -0.461. The van der Waals surface area contributed by atoms with Crippen LogP contribution in [0.2, 0.25) is 10.0 Å². The van der Waals surface area contributed by atoms with Gasteiger partial charge in [-0.25, -0.2) is 4.79 Å². The van der Waals surface area contributed by atoms with Gasteiger partial charge in [-0.3, -0.25) is 0 Å². The van der Waals surface area contributed by atoms with Crippen LogP contribution in [0, 0.1) is 0 Å². The molecule has 4 nitrogen and oxygen atoms in total. The van der Waals surface area contributed by atoms with Crippen LogP contribution in [0.4, 0.5) is 4.79 Å². The van der Waals surface area contributed by atoms with Crippen LogP contribution in [-0.2, 0) is 11.3 Å². The maximum Gasteiger partial charge on any atom is 0.410 e. The number of nitrogens with zero attached hydrogens (tertiary/aromatic N) is 1. The van der Waals surface area contributed by atoms with Crippen molar-refractivity contribution in [2.75, 3.05) is 13.1 Å². The second-order valence-electron chi connectivity index (χ2n) is 6.83. The molecule has 2 rings (SSSR count). The van der Waals surface area contributed by atoms with Crippen molar-refractivity contribution in [1.82, 2.24) is 10.2 Å². The minimum Gasteiger partial charge on any atom is -0.444 e. The lowest BCUT2D eigenvalue weighted by Gasteiger charge is -2.27. The van der Waals surface area contributed by atoms with Gasteiger partial charge in [0.2, 0.25) is 0 Å². The fraction of sp³-hybridized carbons (Fsp3) is 0.588. The lowest BCUT2D eigenvalue weighted by molar-refractivity contribution is 0.0236. The standard InChI is InChI=1S/C17H24Cl2N2O2/c1-17(2,3)23-16(22)21(13-5-6-13)9-8-20-11-12-4-7-14(18)15(19)10-12/h4,7,10,13,20H,5-6,8-9,11H2,1-3H3. The Morgan fingerprint density at radius 3 is 2.57 bits per heavy atom. The molecular formula is C17H24Cl2N2O2. The normalized spacial score (nSPS) is 14.7. The maximum atomic E-state index is 12.2. The Morgan fingerprint density at radius 1 is 1.30 bits per heavy atom. The number of carbonyl (C=O) groups is 1. The number of hydrogen-bond acceptors (Lipinski definition) is 3. The maximum absolute atomic E-state index is 12.2. The van der Waals surface area contributed by atoms with Crippen molar-refractivity contribution in [3.05, 3.63) is 33.8 Å². The molecule has 1 saturated carbocycles. The topological polar surface area (TPSA) is 41.6 Å². The van der Waals surface area contributed by atoms with Gasteiger partial charge in [0.25, 0.3) is 0 Å². The molecule has 1 aliphatic carbocycles. The molecule has 0 saturated heterocycles. The zero-order valence-electron chi connectivity index (χ0n) is 13.9. The van der Waals surface area contributed by atoms with E-state index >= 15 is 0 Å². The van der Waals surface area contributed by atoms with Gasteiger partial charge in [0, 0.05) is 25.7 Å². The van der Waals surface area contributed by atoms with E-state index in [9.17, 15) is 4.79 Å². The average molecular weight is 359 g/mol. The summed E-state index contributed by atoms with van der Waals surface area (Å²) in [5.41, 5.74) is 0.604. The predicted molar refractivity (Wildman–Crippen MR) is 94.1 cm³/mol. The molecule has 0 spiro atoms. The van der Waals surface area contributed by atoms with Crippen LogP contribution < -0.4 is 5.32 Å². The second kappa shape index (κ2) is 7.73. The first-order valence-electron chi connectivity index (χ1n) is 7.90. The van der Waals surface area contributed by atoms with E-state index in [0.717, 1.165) is 18.4 Å². The van der Waals surface area contributed by atoms with E-state index < -0.39 is 5.60 Å². The Balaban J connectivity index is 1.78. The Labute approximate surface area is 148 Å². The predicted octanol–water partition coefficient (Wildman–Crippen LogP) is 4.48. The number of benzene rings is 1. The van der Waals surface area contributed by atoms with E-state index in [1.165, 1.54) is 0 Å². The molecule has 0 unspecified atom stereocenters. The van der Waals surface area contributed by atoms with Crippen molar-refractivity contribution in [1.29, 1.82) is 0 Å². The summed E-state index contributed by atoms with van der Waals surface area (Å²) in [6.45, 7) is 7.69. The van der Waals surface area contributed by atoms with E-state index in [0.29, 0.717) is 35.7 Å². The van der Waals surface area contributed by atoms with Crippen molar-refractivity contribution >= 4 is 29.3 Å². The number of hydrogen-bond donors (Lipinski definition) is 1. The van der Waals surface area contributed by atoms with Crippen LogP contribution in [0.15, 0.2) is 18.2 Å². The summed E-state index contributed by atoms with van der Waals surface area (Å²) in [7, 11) is 0. The molecule has 1 aromatic rings. The second-order valence-corrected chi connectivity index (χ2v) is 7.64. The highest BCUT2D eigenvalue weighted by Gasteiger charge is 2.34. The first kappa shape index (κ1) is 18.4. The molecule has 1 amide bonds. The Kier molecular flexibility index (Phi) is 6.18. The van der Waals surface area contributed by atoms with Gasteiger partial charge in [-0.2, -0.15) is 0 Å². The van der Waals surface area contributed by atoms with Crippen LogP contribution in [-0.4, -0.2) is 35.7 Å². The molecule has 23 heavy (non-hydrogen) atoms. The van der Waals surface area contributed by atoms with Crippen molar-refractivity contribution in [2.45, 2.75) is 51.8 Å². The van der Waals surface area contributed by atoms with Crippen LogP contribution >= 0.6 is 23.2 Å². The molecule has 1 aromatic carbocycles. The highest BCUT2D eigenvalue weighted by molar-refractivity contribution is 6.42. The molecule has 0 aliphatic heterocycles. The fourth-order valence-corrected chi connectivity index (χ4v) is 2.53. The van der Waals surface area contributed by atoms with Crippen LogP contribution in [0.25, 0.3) is 0 Å². The summed E-state index contributed by atoms with van der Waals surface area (Å²) in [5, 5.41) is 4.44. The first-order chi connectivity index (χ1) is 10.8. The molecule has 0 atom stereocenters. The van der Waals surface area contributed by atoms with E-state index in [2.05, 4.69) is 5.32 Å². The number of halogens is 2. The molecule has 1 N–H and O–H groups in total. The lowest BCUT2D eigenvalue weighted by Crippen LogP contribution is -2.41. The number of ether oxygens (including phenoxy) is 1. The van der Waals surface area contributed by atoms with Gasteiger partial charge >= 0.3 is 6.09 Å². The summed E-state index contributed by atoms with van der Waals surface area (Å²) in [6.07, 6.45) is 1.90. The fourth-order valence-electron chi connectivity index (χ4n) is 2.21. The molecule has 0 radical (unpaired) electrons. The number of nitrogens with one attached hydrogen (secondary N) is 1. The number of rotatable bonds is 6. The molecule has 0 aromatic heterocycles. The molecule has 0 bridgehead atoms. The van der Waals surface area contributed by atoms with Gasteiger partial charge in [0.05, 0.1) is 10.0 Å². The number of carbonyl (C=O) groups excluding carboxylic acids is 1. The van der Waals surface area contributed by atoms with Gasteiger partial charge < -0.3 is 15.0 Å². The van der Waals surface area contributed by atoms with Gasteiger partial charge in [0.1, 0.15) is 5.60 Å². The summed E-state index contributed by atoms with van der Waals surface area (Å²) in [6, 6.07) is 5.91. The highest BCUT2D eigenvalue weighted by Crippen LogP contribution is 2.28. The van der Waals surface area contributed by atoms with Crippen molar-refractivity contribution in [3.8, 4) is 0 Å². The van der Waals surface area contributed by atoms with E-state index in [1.54, 1.807) is 6.07 Å². The Hall–Kier alpha value is -0.970. The van der Waals surface area contributed by atoms with Crippen molar-refractivity contribution in [3.63, 3.8) is 0 Å². The smallest absolute Gasteiger partial charge is 0.410 e. The molecule has 128 valence electrons. The van der Waals surface area contributed by atoms with Gasteiger partial charge in [-0.1, -0.05) is 29.3 Å². The molecule has 1 aliphatic rings. The summed E-state index contributed by atoms with van der Waals surface area (Å²) in [5.74, 6) is 0. The quantitative estimate of drug-likeness (QED) is 0.762. The molecular weight excluding hydrogens is 335 g/mol. The zero-order chi connectivity index (χ0) is 17.0. The van der Waals surface area contributed by atoms with E-state index in [4.69, 9.17) is 27.9 Å². The van der Waals surface area contributed by atoms with Crippen LogP contribution in [0.3, 0.4) is 0 Å². The SMILES string of the molecule is CC(C)(C)OC(=O)N(CCNCc1ccc(Cl)c(Cl)c1)C1CC1. The van der Waals surface area contributed by atoms with Crippen LogP contribution in [0.5, 0.6) is 0 Å². The highest BCUT2D eigenvalue weighted by atomic mass is 35.5. The van der Waals surface area contributed by atoms with Gasteiger partial charge in [-0.15, -0.1) is 0 Å². The van der Waals surface area contributed by atoms with Crippen molar-refractivity contribution in [2.24, 2.45) is 0 Å². The Bertz CT molecular complexity index is 554. The minimum absolute atomic E-state index is 0.226. The summed E-state index contributed by atoms with van der Waals surface area (Å²) >= 11 is 11.9. The number of amides is 1. The monoisotopic (exact) mass is 358 g/mol. The third-order valence-electron chi connectivity index (χ3n) is 3.46. The van der Waals surface area contributed by atoms with E-state index in [1.807, 2.05) is 37.8 Å². The molecule has 6 heteroatoms. The third kappa shape index (κ3) is 6.21. The molecule has 0 heterocycles. The summed E-state index contributed by atoms with van der Waals surface area (Å²) < 4.78 is 5.47. The van der Waals surface area contributed by atoms with Crippen molar-refractivity contribution < 1.29 is 9.53 Å². The average Bonchev–Trinajstić information content (AvgIpc) is 3.25. The van der Waals surface area contributed by atoms with Gasteiger partial charge in [-0.05, 0) is 51.3 Å². The van der Waals surface area contributed by atoms with Crippen LogP contribution in [0.1, 0.15) is 39.2 Å².